The lowest BCUT2D eigenvalue weighted by Gasteiger charge is -2.16. The Morgan fingerprint density at radius 3 is 2.59 bits per heavy atom. The molecule has 0 saturated carbocycles. The molecular formula is C16H20N2O4. The van der Waals surface area contributed by atoms with Crippen molar-refractivity contribution in [2.45, 2.75) is 45.3 Å². The van der Waals surface area contributed by atoms with Crippen LogP contribution < -0.4 is 10.6 Å². The smallest absolute Gasteiger partial charge is 0.329 e. The Morgan fingerprint density at radius 2 is 2.05 bits per heavy atom. The van der Waals surface area contributed by atoms with Gasteiger partial charge in [-0.2, -0.15) is 0 Å². The van der Waals surface area contributed by atoms with Crippen molar-refractivity contribution in [3.63, 3.8) is 0 Å². The zero-order valence-corrected chi connectivity index (χ0v) is 12.7. The number of hydrogen-bond donors (Lipinski definition) is 2. The van der Waals surface area contributed by atoms with Crippen molar-refractivity contribution >= 4 is 23.5 Å². The number of hydrogen-bond acceptors (Lipinski definition) is 4. The first-order valence-corrected chi connectivity index (χ1v) is 7.39. The maximum atomic E-state index is 12.0. The van der Waals surface area contributed by atoms with Crippen LogP contribution in [0.25, 0.3) is 0 Å². The van der Waals surface area contributed by atoms with Crippen LogP contribution in [0, 0.1) is 0 Å². The van der Waals surface area contributed by atoms with Crippen LogP contribution in [0.3, 0.4) is 0 Å². The Hall–Kier alpha value is -2.37. The summed E-state index contributed by atoms with van der Waals surface area (Å²) in [5.74, 6) is -1.15. The summed E-state index contributed by atoms with van der Waals surface area (Å²) in [7, 11) is 0. The molecule has 2 rings (SSSR count). The predicted octanol–water partition coefficient (Wildman–Crippen LogP) is 1.40. The number of carbonyl (C=O) groups excluding carboxylic acids is 3. The van der Waals surface area contributed by atoms with Crippen LogP contribution in [-0.2, 0) is 25.5 Å². The molecule has 0 bridgehead atoms. The SMILES string of the molecule is CCc1ccc(NC(=O)[C@H](C)OC(=O)[C@@H]2CCC(=O)N2)cc1. The molecule has 1 aliphatic heterocycles. The fraction of sp³-hybridized carbons (Fsp3) is 0.438. The van der Waals surface area contributed by atoms with Gasteiger partial charge in [0, 0.05) is 12.1 Å². The lowest BCUT2D eigenvalue weighted by atomic mass is 10.1. The van der Waals surface area contributed by atoms with E-state index in [-0.39, 0.29) is 5.91 Å². The van der Waals surface area contributed by atoms with Gasteiger partial charge in [-0.15, -0.1) is 0 Å². The van der Waals surface area contributed by atoms with Gasteiger partial charge in [-0.25, -0.2) is 4.79 Å². The van der Waals surface area contributed by atoms with E-state index in [1.165, 1.54) is 12.5 Å². The Morgan fingerprint density at radius 1 is 1.36 bits per heavy atom. The van der Waals surface area contributed by atoms with Crippen molar-refractivity contribution in [2.24, 2.45) is 0 Å². The number of esters is 1. The largest absolute Gasteiger partial charge is 0.451 e. The number of ether oxygens (including phenoxy) is 1. The Kier molecular flexibility index (Phi) is 5.14. The van der Waals surface area contributed by atoms with E-state index < -0.39 is 24.0 Å². The van der Waals surface area contributed by atoms with Crippen LogP contribution in [0.15, 0.2) is 24.3 Å². The standard InChI is InChI=1S/C16H20N2O4/c1-3-11-4-6-12(7-5-11)17-15(20)10(2)22-16(21)13-8-9-14(19)18-13/h4-7,10,13H,3,8-9H2,1-2H3,(H,17,20)(H,18,19)/t10-,13-/m0/s1. The third kappa shape index (κ3) is 4.07. The van der Waals surface area contributed by atoms with Crippen molar-refractivity contribution in [1.29, 1.82) is 0 Å². The summed E-state index contributed by atoms with van der Waals surface area (Å²) in [5.41, 5.74) is 1.83. The molecule has 1 saturated heterocycles. The molecule has 1 aliphatic rings. The fourth-order valence-electron chi connectivity index (χ4n) is 2.17. The van der Waals surface area contributed by atoms with E-state index in [1.54, 1.807) is 0 Å². The van der Waals surface area contributed by atoms with E-state index in [2.05, 4.69) is 17.6 Å². The first-order valence-electron chi connectivity index (χ1n) is 7.39. The Balaban J connectivity index is 1.85. The van der Waals surface area contributed by atoms with E-state index in [1.807, 2.05) is 24.3 Å². The van der Waals surface area contributed by atoms with Crippen LogP contribution in [0.2, 0.25) is 0 Å². The van der Waals surface area contributed by atoms with Gasteiger partial charge in [-0.1, -0.05) is 19.1 Å². The van der Waals surface area contributed by atoms with Gasteiger partial charge in [0.1, 0.15) is 6.04 Å². The maximum Gasteiger partial charge on any atom is 0.329 e. The highest BCUT2D eigenvalue weighted by atomic mass is 16.5. The average Bonchev–Trinajstić information content (AvgIpc) is 2.94. The van der Waals surface area contributed by atoms with E-state index in [9.17, 15) is 14.4 Å². The zero-order chi connectivity index (χ0) is 16.1. The number of carbonyl (C=O) groups is 3. The highest BCUT2D eigenvalue weighted by Gasteiger charge is 2.30. The summed E-state index contributed by atoms with van der Waals surface area (Å²) in [5, 5.41) is 5.21. The third-order valence-corrected chi connectivity index (χ3v) is 3.57. The van der Waals surface area contributed by atoms with Crippen molar-refractivity contribution in [1.82, 2.24) is 5.32 Å². The lowest BCUT2D eigenvalue weighted by Crippen LogP contribution is -2.39. The van der Waals surface area contributed by atoms with Crippen LogP contribution in [0.4, 0.5) is 5.69 Å². The molecule has 0 aliphatic carbocycles. The molecule has 1 fully saturated rings. The van der Waals surface area contributed by atoms with Gasteiger partial charge in [-0.05, 0) is 37.5 Å². The molecular weight excluding hydrogens is 284 g/mol. The number of rotatable bonds is 5. The van der Waals surface area contributed by atoms with Gasteiger partial charge in [0.25, 0.3) is 5.91 Å². The van der Waals surface area contributed by atoms with Crippen molar-refractivity contribution in [2.75, 3.05) is 5.32 Å². The molecule has 0 unspecified atom stereocenters. The zero-order valence-electron chi connectivity index (χ0n) is 12.7. The second-order valence-electron chi connectivity index (χ2n) is 5.28. The minimum atomic E-state index is -0.921. The summed E-state index contributed by atoms with van der Waals surface area (Å²) in [6.07, 6.45) is 0.722. The number of aryl methyl sites for hydroxylation is 1. The van der Waals surface area contributed by atoms with E-state index in [4.69, 9.17) is 4.74 Å². The van der Waals surface area contributed by atoms with Gasteiger partial charge in [-0.3, -0.25) is 9.59 Å². The van der Waals surface area contributed by atoms with Crippen molar-refractivity contribution in [3.8, 4) is 0 Å². The topological polar surface area (TPSA) is 84.5 Å². The molecule has 1 heterocycles. The van der Waals surface area contributed by atoms with E-state index in [0.717, 1.165) is 6.42 Å². The molecule has 6 nitrogen and oxygen atoms in total. The van der Waals surface area contributed by atoms with Crippen LogP contribution in [0.1, 0.15) is 32.3 Å². The number of amides is 2. The number of benzene rings is 1. The summed E-state index contributed by atoms with van der Waals surface area (Å²) in [4.78, 5) is 34.9. The number of nitrogens with one attached hydrogen (secondary N) is 2. The molecule has 0 spiro atoms. The molecule has 118 valence electrons. The maximum absolute atomic E-state index is 12.0. The molecule has 1 aromatic rings. The highest BCUT2D eigenvalue weighted by molar-refractivity contribution is 5.96. The molecule has 2 atom stereocenters. The quantitative estimate of drug-likeness (QED) is 0.805. The second-order valence-corrected chi connectivity index (χ2v) is 5.28. The van der Waals surface area contributed by atoms with Gasteiger partial charge in [0.05, 0.1) is 0 Å². The van der Waals surface area contributed by atoms with Crippen LogP contribution >= 0.6 is 0 Å². The molecule has 0 aromatic heterocycles. The molecule has 0 radical (unpaired) electrons. The molecule has 2 amide bonds. The minimum Gasteiger partial charge on any atom is -0.451 e. The van der Waals surface area contributed by atoms with Crippen LogP contribution in [-0.4, -0.2) is 29.9 Å². The third-order valence-electron chi connectivity index (χ3n) is 3.57. The van der Waals surface area contributed by atoms with Crippen molar-refractivity contribution < 1.29 is 19.1 Å². The normalized spacial score (nSPS) is 18.5. The van der Waals surface area contributed by atoms with Gasteiger partial charge in [0.2, 0.25) is 5.91 Å². The Bertz CT molecular complexity index is 568. The average molecular weight is 304 g/mol. The number of anilines is 1. The highest BCUT2D eigenvalue weighted by Crippen LogP contribution is 2.12. The fourth-order valence-corrected chi connectivity index (χ4v) is 2.17. The molecule has 22 heavy (non-hydrogen) atoms. The second kappa shape index (κ2) is 7.06. The van der Waals surface area contributed by atoms with Gasteiger partial charge < -0.3 is 15.4 Å². The lowest BCUT2D eigenvalue weighted by molar-refractivity contribution is -0.155. The molecule has 6 heteroatoms. The first kappa shape index (κ1) is 16.0. The van der Waals surface area contributed by atoms with Gasteiger partial charge in [0.15, 0.2) is 6.10 Å². The summed E-state index contributed by atoms with van der Waals surface area (Å²) < 4.78 is 5.10. The summed E-state index contributed by atoms with van der Waals surface area (Å²) >= 11 is 0. The van der Waals surface area contributed by atoms with E-state index >= 15 is 0 Å². The van der Waals surface area contributed by atoms with Gasteiger partial charge >= 0.3 is 5.97 Å². The molecule has 2 N–H and O–H groups in total. The Labute approximate surface area is 129 Å². The summed E-state index contributed by atoms with van der Waals surface area (Å²) in [6, 6.07) is 6.83. The summed E-state index contributed by atoms with van der Waals surface area (Å²) in [6.45, 7) is 3.56. The van der Waals surface area contributed by atoms with E-state index in [0.29, 0.717) is 18.5 Å². The van der Waals surface area contributed by atoms with Crippen molar-refractivity contribution in [3.05, 3.63) is 29.8 Å². The first-order chi connectivity index (χ1) is 10.5. The molecule has 1 aromatic carbocycles. The predicted molar refractivity (Wildman–Crippen MR) is 81.2 cm³/mol. The monoisotopic (exact) mass is 304 g/mol. The minimum absolute atomic E-state index is 0.171. The van der Waals surface area contributed by atoms with Crippen LogP contribution in [0.5, 0.6) is 0 Å².